The summed E-state index contributed by atoms with van der Waals surface area (Å²) in [5, 5.41) is 0. The Bertz CT molecular complexity index is 968. The third kappa shape index (κ3) is 4.27. The highest BCUT2D eigenvalue weighted by atomic mass is 19.1. The van der Waals surface area contributed by atoms with Gasteiger partial charge in [-0.25, -0.2) is 29.8 Å². The smallest absolute Gasteiger partial charge is 0.132 e. The summed E-state index contributed by atoms with van der Waals surface area (Å²) in [7, 11) is 0. The SMILES string of the molecule is CC1(OC2CC3C(CC2F)NNC3c2cc(N3CCN(c4ccncn4)CC3)ncn2)CC1. The maximum Gasteiger partial charge on any atom is 0.132 e. The van der Waals surface area contributed by atoms with E-state index in [4.69, 9.17) is 4.74 Å². The molecule has 33 heavy (non-hydrogen) atoms. The van der Waals surface area contributed by atoms with Gasteiger partial charge in [0.15, 0.2) is 0 Å². The van der Waals surface area contributed by atoms with Crippen LogP contribution < -0.4 is 20.7 Å². The van der Waals surface area contributed by atoms with Crippen LogP contribution in [0.3, 0.4) is 0 Å². The molecule has 9 nitrogen and oxygen atoms in total. The van der Waals surface area contributed by atoms with Crippen LogP contribution in [-0.4, -0.2) is 70.0 Å². The Morgan fingerprint density at radius 2 is 1.76 bits per heavy atom. The Balaban J connectivity index is 1.13. The molecule has 0 amide bonds. The molecule has 0 radical (unpaired) electrons. The number of rotatable bonds is 5. The van der Waals surface area contributed by atoms with Gasteiger partial charge in [-0.2, -0.15) is 0 Å². The third-order valence-electron chi connectivity index (χ3n) is 7.63. The molecule has 2 saturated carbocycles. The minimum absolute atomic E-state index is 0.0182. The lowest BCUT2D eigenvalue weighted by molar-refractivity contribution is -0.0886. The molecule has 2 aromatic rings. The topological polar surface area (TPSA) is 91.3 Å². The number of halogens is 1. The van der Waals surface area contributed by atoms with Gasteiger partial charge in [0.25, 0.3) is 0 Å². The molecule has 4 fully saturated rings. The quantitative estimate of drug-likeness (QED) is 0.702. The molecule has 0 spiro atoms. The summed E-state index contributed by atoms with van der Waals surface area (Å²) in [4.78, 5) is 22.1. The first kappa shape index (κ1) is 21.1. The maximum atomic E-state index is 14.8. The van der Waals surface area contributed by atoms with E-state index < -0.39 is 6.17 Å². The molecule has 5 atom stereocenters. The van der Waals surface area contributed by atoms with E-state index in [1.165, 1.54) is 0 Å². The summed E-state index contributed by atoms with van der Waals surface area (Å²) < 4.78 is 21.0. The highest BCUT2D eigenvalue weighted by molar-refractivity contribution is 5.45. The van der Waals surface area contributed by atoms with Gasteiger partial charge < -0.3 is 14.5 Å². The van der Waals surface area contributed by atoms with Crippen molar-refractivity contribution >= 4 is 11.6 Å². The standard InChI is InChI=1S/C23H31FN8O/c1-23(3-4-23)33-19-10-15-17(11-16(19)24)29-30-22(15)18-12-21(28-14-26-18)32-8-6-31(7-9-32)20-2-5-25-13-27-20/h2,5,12-17,19,22,29-30H,3-4,6-11H2,1H3. The summed E-state index contributed by atoms with van der Waals surface area (Å²) in [5.41, 5.74) is 7.54. The first-order valence-electron chi connectivity index (χ1n) is 12.0. The van der Waals surface area contributed by atoms with E-state index in [1.807, 2.05) is 6.07 Å². The van der Waals surface area contributed by atoms with Crippen LogP contribution in [0.25, 0.3) is 0 Å². The second kappa shape index (κ2) is 8.41. The number of aromatic nitrogens is 4. The minimum Gasteiger partial charge on any atom is -0.369 e. The molecule has 0 bridgehead atoms. The number of hydrogen-bond donors (Lipinski definition) is 2. The van der Waals surface area contributed by atoms with Crippen molar-refractivity contribution in [1.29, 1.82) is 0 Å². The summed E-state index contributed by atoms with van der Waals surface area (Å²) in [5.74, 6) is 2.13. The molecule has 6 rings (SSSR count). The van der Waals surface area contributed by atoms with Gasteiger partial charge >= 0.3 is 0 Å². The van der Waals surface area contributed by atoms with E-state index in [9.17, 15) is 4.39 Å². The Kier molecular flexibility index (Phi) is 5.38. The van der Waals surface area contributed by atoms with Gasteiger partial charge in [0.1, 0.15) is 30.5 Å². The zero-order chi connectivity index (χ0) is 22.4. The number of anilines is 2. The lowest BCUT2D eigenvalue weighted by atomic mass is 9.78. The first-order chi connectivity index (χ1) is 16.1. The first-order valence-corrected chi connectivity index (χ1v) is 12.0. The van der Waals surface area contributed by atoms with Crippen LogP contribution in [0.5, 0.6) is 0 Å². The van der Waals surface area contributed by atoms with Crippen molar-refractivity contribution in [1.82, 2.24) is 30.8 Å². The van der Waals surface area contributed by atoms with Gasteiger partial charge in [-0.05, 0) is 38.7 Å². The second-order valence-electron chi connectivity index (χ2n) is 9.97. The van der Waals surface area contributed by atoms with Crippen LogP contribution in [0, 0.1) is 5.92 Å². The second-order valence-corrected chi connectivity index (χ2v) is 9.97. The Hall–Kier alpha value is -2.43. The molecule has 176 valence electrons. The van der Waals surface area contributed by atoms with Crippen LogP contribution >= 0.6 is 0 Å². The van der Waals surface area contributed by atoms with E-state index in [0.29, 0.717) is 12.8 Å². The average molecular weight is 455 g/mol. The molecule has 0 aromatic carbocycles. The van der Waals surface area contributed by atoms with Gasteiger partial charge in [0.05, 0.1) is 23.4 Å². The van der Waals surface area contributed by atoms with Crippen molar-refractivity contribution in [2.24, 2.45) is 5.92 Å². The normalized spacial score (nSPS) is 33.1. The number of nitrogens with zero attached hydrogens (tertiary/aromatic N) is 6. The van der Waals surface area contributed by atoms with Crippen molar-refractivity contribution in [3.8, 4) is 0 Å². The summed E-state index contributed by atoms with van der Waals surface area (Å²) >= 11 is 0. The van der Waals surface area contributed by atoms with Gasteiger partial charge in [-0.15, -0.1) is 0 Å². The number of nitrogens with one attached hydrogen (secondary N) is 2. The van der Waals surface area contributed by atoms with E-state index >= 15 is 0 Å². The number of hydrogen-bond acceptors (Lipinski definition) is 9. The molecule has 2 aliphatic carbocycles. The highest BCUT2D eigenvalue weighted by Crippen LogP contribution is 2.45. The number of ether oxygens (including phenoxy) is 1. The molecule has 2 N–H and O–H groups in total. The van der Waals surface area contributed by atoms with Gasteiger partial charge in [-0.1, -0.05) is 0 Å². The third-order valence-corrected chi connectivity index (χ3v) is 7.63. The predicted molar refractivity (Wildman–Crippen MR) is 121 cm³/mol. The zero-order valence-electron chi connectivity index (χ0n) is 18.9. The maximum absolute atomic E-state index is 14.8. The number of piperazine rings is 1. The summed E-state index contributed by atoms with van der Waals surface area (Å²) in [6.07, 6.45) is 6.98. The molecule has 2 aromatic heterocycles. The fourth-order valence-electron chi connectivity index (χ4n) is 5.40. The Morgan fingerprint density at radius 3 is 2.48 bits per heavy atom. The summed E-state index contributed by atoms with van der Waals surface area (Å²) in [6, 6.07) is 4.14. The summed E-state index contributed by atoms with van der Waals surface area (Å²) in [6.45, 7) is 5.57. The fourth-order valence-corrected chi connectivity index (χ4v) is 5.40. The lowest BCUT2D eigenvalue weighted by Gasteiger charge is -2.37. The fraction of sp³-hybridized carbons (Fsp3) is 0.652. The van der Waals surface area contributed by atoms with Gasteiger partial charge in [0, 0.05) is 50.4 Å². The van der Waals surface area contributed by atoms with Gasteiger partial charge in [-0.3, -0.25) is 5.43 Å². The van der Waals surface area contributed by atoms with E-state index in [0.717, 1.165) is 56.4 Å². The van der Waals surface area contributed by atoms with Crippen molar-refractivity contribution in [3.05, 3.63) is 36.7 Å². The van der Waals surface area contributed by atoms with Crippen molar-refractivity contribution in [2.45, 2.75) is 62.6 Å². The molecular formula is C23H31FN8O. The van der Waals surface area contributed by atoms with E-state index in [-0.39, 0.29) is 29.7 Å². The zero-order valence-corrected chi connectivity index (χ0v) is 18.9. The molecule has 4 heterocycles. The van der Waals surface area contributed by atoms with Crippen molar-refractivity contribution in [2.75, 3.05) is 36.0 Å². The lowest BCUT2D eigenvalue weighted by Crippen LogP contribution is -2.47. The molecule has 5 unspecified atom stereocenters. The number of hydrazine groups is 1. The number of alkyl halides is 1. The van der Waals surface area contributed by atoms with Crippen LogP contribution in [0.15, 0.2) is 31.0 Å². The van der Waals surface area contributed by atoms with Crippen molar-refractivity contribution < 1.29 is 9.13 Å². The minimum atomic E-state index is -0.927. The van der Waals surface area contributed by atoms with Crippen LogP contribution in [0.2, 0.25) is 0 Å². The Labute approximate surface area is 193 Å². The molecule has 4 aliphatic rings. The van der Waals surface area contributed by atoms with Crippen LogP contribution in [-0.2, 0) is 4.74 Å². The highest BCUT2D eigenvalue weighted by Gasteiger charge is 2.50. The molecule has 2 saturated heterocycles. The van der Waals surface area contributed by atoms with E-state index in [1.54, 1.807) is 18.9 Å². The average Bonchev–Trinajstić information content (AvgIpc) is 3.44. The van der Waals surface area contributed by atoms with Crippen molar-refractivity contribution in [3.63, 3.8) is 0 Å². The monoisotopic (exact) mass is 454 g/mol. The van der Waals surface area contributed by atoms with E-state index in [2.05, 4.69) is 53.6 Å². The molecule has 10 heteroatoms. The van der Waals surface area contributed by atoms with Crippen LogP contribution in [0.4, 0.5) is 16.0 Å². The van der Waals surface area contributed by atoms with Crippen LogP contribution in [0.1, 0.15) is 44.3 Å². The molecular weight excluding hydrogens is 423 g/mol. The Morgan fingerprint density at radius 1 is 1.00 bits per heavy atom. The largest absolute Gasteiger partial charge is 0.369 e. The molecule has 2 aliphatic heterocycles. The number of fused-ring (bicyclic) bond motifs is 1. The predicted octanol–water partition coefficient (Wildman–Crippen LogP) is 1.80. The van der Waals surface area contributed by atoms with Gasteiger partial charge in [0.2, 0.25) is 0 Å².